The number of rotatable bonds is 4. The Morgan fingerprint density at radius 3 is 2.47 bits per heavy atom. The van der Waals surface area contributed by atoms with E-state index in [4.69, 9.17) is 22.4 Å². The van der Waals surface area contributed by atoms with Crippen molar-refractivity contribution in [2.45, 2.75) is 26.8 Å². The highest BCUT2D eigenvalue weighted by Gasteiger charge is 2.30. The van der Waals surface area contributed by atoms with Crippen LogP contribution in [-0.2, 0) is 13.0 Å². The molecular weight excluding hydrogens is 488 g/mol. The summed E-state index contributed by atoms with van der Waals surface area (Å²) in [4.78, 5) is 21.8. The van der Waals surface area contributed by atoms with Crippen molar-refractivity contribution < 1.29 is 13.6 Å². The third-order valence-electron chi connectivity index (χ3n) is 6.14. The van der Waals surface area contributed by atoms with Crippen LogP contribution in [0.4, 0.5) is 25.2 Å². The first-order valence-electron chi connectivity index (χ1n) is 11.2. The van der Waals surface area contributed by atoms with Gasteiger partial charge in [0, 0.05) is 36.7 Å². The summed E-state index contributed by atoms with van der Waals surface area (Å²) in [7, 11) is 0. The number of para-hydroxylation sites is 1. The first-order valence-corrected chi connectivity index (χ1v) is 11.6. The van der Waals surface area contributed by atoms with Gasteiger partial charge < -0.3 is 16.0 Å². The molecule has 0 aliphatic carbocycles. The van der Waals surface area contributed by atoms with E-state index in [0.717, 1.165) is 40.2 Å². The molecule has 3 N–H and O–H groups in total. The zero-order chi connectivity index (χ0) is 25.6. The zero-order valence-electron chi connectivity index (χ0n) is 19.5. The molecule has 0 fully saturated rings. The van der Waals surface area contributed by atoms with Crippen molar-refractivity contribution in [3.8, 4) is 16.9 Å². The Morgan fingerprint density at radius 2 is 1.81 bits per heavy atom. The molecule has 11 heteroatoms. The molecule has 2 aromatic carbocycles. The van der Waals surface area contributed by atoms with Gasteiger partial charge in [-0.25, -0.2) is 28.2 Å². The van der Waals surface area contributed by atoms with Gasteiger partial charge >= 0.3 is 6.03 Å². The number of nitrogens with zero attached hydrogens (tertiary/aromatic N) is 5. The lowest BCUT2D eigenvalue weighted by Gasteiger charge is -2.27. The summed E-state index contributed by atoms with van der Waals surface area (Å²) in [5, 5.41) is 7.38. The molecule has 36 heavy (non-hydrogen) atoms. The van der Waals surface area contributed by atoms with E-state index >= 15 is 4.39 Å². The van der Waals surface area contributed by atoms with Gasteiger partial charge in [0.1, 0.15) is 11.6 Å². The van der Waals surface area contributed by atoms with Gasteiger partial charge in [-0.1, -0.05) is 29.8 Å². The van der Waals surface area contributed by atoms with E-state index in [-0.39, 0.29) is 11.3 Å². The maximum absolute atomic E-state index is 15.5. The summed E-state index contributed by atoms with van der Waals surface area (Å²) in [6, 6.07) is 6.81. The Kier molecular flexibility index (Phi) is 6.05. The third kappa shape index (κ3) is 4.24. The minimum atomic E-state index is -0.988. The molecule has 0 unspecified atom stereocenters. The van der Waals surface area contributed by atoms with E-state index in [9.17, 15) is 9.18 Å². The Bertz CT molecular complexity index is 1470. The Hall–Kier alpha value is -4.05. The van der Waals surface area contributed by atoms with Crippen LogP contribution in [0, 0.1) is 25.5 Å². The van der Waals surface area contributed by atoms with Gasteiger partial charge in [-0.3, -0.25) is 0 Å². The third-order valence-corrected chi connectivity index (χ3v) is 6.34. The summed E-state index contributed by atoms with van der Waals surface area (Å²) in [6.07, 6.45) is 3.58. The maximum atomic E-state index is 15.5. The Morgan fingerprint density at radius 1 is 1.11 bits per heavy atom. The van der Waals surface area contributed by atoms with Crippen LogP contribution in [0.25, 0.3) is 16.9 Å². The molecule has 0 radical (unpaired) electrons. The van der Waals surface area contributed by atoms with Crippen molar-refractivity contribution >= 4 is 29.3 Å². The van der Waals surface area contributed by atoms with Crippen LogP contribution in [0.2, 0.25) is 5.02 Å². The van der Waals surface area contributed by atoms with E-state index in [0.29, 0.717) is 36.2 Å². The molecule has 1 aliphatic heterocycles. The molecule has 2 amide bonds. The van der Waals surface area contributed by atoms with Crippen LogP contribution in [0.15, 0.2) is 42.7 Å². The number of halogens is 3. The minimum Gasteiger partial charge on any atom is -0.351 e. The summed E-state index contributed by atoms with van der Waals surface area (Å²) in [5.74, 6) is -1.07. The van der Waals surface area contributed by atoms with Crippen LogP contribution < -0.4 is 16.0 Å². The fraction of sp³-hybridized carbons (Fsp3) is 0.200. The molecule has 0 saturated carbocycles. The summed E-state index contributed by atoms with van der Waals surface area (Å²) in [5.41, 5.74) is 9.35. The molecular formula is C25H22ClF2N7O. The zero-order valence-corrected chi connectivity index (χ0v) is 20.3. The number of nitrogens with two attached hydrogens (primary N) is 1. The standard InChI is InChI=1S/C25H22ClF2N7O/c1-13-4-3-5-14(2)22(13)35-23(16-8-19(28)21(9-18(16)27)32-24(29)36)17-12-34(7-6-20(17)33-35)25-30-10-15(26)11-31-25/h3-5,8-11H,6-7,12H2,1-2H3,(H3,29,32,36). The second kappa shape index (κ2) is 9.19. The van der Waals surface area contributed by atoms with Crippen LogP contribution in [0.1, 0.15) is 22.4 Å². The van der Waals surface area contributed by atoms with E-state index < -0.39 is 17.7 Å². The molecule has 5 rings (SSSR count). The minimum absolute atomic E-state index is 0.0118. The molecule has 184 valence electrons. The van der Waals surface area contributed by atoms with Crippen LogP contribution in [-0.4, -0.2) is 32.3 Å². The van der Waals surface area contributed by atoms with Crippen molar-refractivity contribution in [1.82, 2.24) is 19.7 Å². The second-order valence-corrected chi connectivity index (χ2v) is 9.04. The number of urea groups is 1. The highest BCUT2D eigenvalue weighted by Crippen LogP contribution is 2.37. The number of aryl methyl sites for hydroxylation is 2. The fourth-order valence-electron chi connectivity index (χ4n) is 4.55. The Balaban J connectivity index is 1.71. The molecule has 0 atom stereocenters. The molecule has 1 aliphatic rings. The SMILES string of the molecule is Cc1cccc(C)c1-n1nc2c(c1-c1cc(F)c(NC(N)=O)cc1F)CN(c1ncc(Cl)cn1)CC2. The van der Waals surface area contributed by atoms with Gasteiger partial charge in [-0.15, -0.1) is 0 Å². The summed E-state index contributed by atoms with van der Waals surface area (Å²) < 4.78 is 32.2. The van der Waals surface area contributed by atoms with E-state index in [1.165, 1.54) is 12.4 Å². The topological polar surface area (TPSA) is 102 Å². The van der Waals surface area contributed by atoms with Crippen molar-refractivity contribution in [1.29, 1.82) is 0 Å². The van der Waals surface area contributed by atoms with Crippen molar-refractivity contribution in [3.63, 3.8) is 0 Å². The predicted molar refractivity (Wildman–Crippen MR) is 133 cm³/mol. The summed E-state index contributed by atoms with van der Waals surface area (Å²) in [6.45, 7) is 4.81. The molecule has 0 bridgehead atoms. The molecule has 0 saturated heterocycles. The van der Waals surface area contributed by atoms with E-state index in [1.54, 1.807) is 4.68 Å². The number of carbonyl (C=O) groups is 1. The number of primary amides is 1. The normalized spacial score (nSPS) is 13.0. The van der Waals surface area contributed by atoms with Crippen molar-refractivity contribution in [2.75, 3.05) is 16.8 Å². The highest BCUT2D eigenvalue weighted by atomic mass is 35.5. The quantitative estimate of drug-likeness (QED) is 0.406. The Labute approximate surface area is 210 Å². The van der Waals surface area contributed by atoms with E-state index in [1.807, 2.05) is 36.9 Å². The van der Waals surface area contributed by atoms with Gasteiger partial charge in [0.2, 0.25) is 5.95 Å². The number of carbonyl (C=O) groups excluding carboxylic acids is 1. The summed E-state index contributed by atoms with van der Waals surface area (Å²) >= 11 is 5.95. The monoisotopic (exact) mass is 509 g/mol. The first-order chi connectivity index (χ1) is 17.2. The van der Waals surface area contributed by atoms with Crippen LogP contribution in [0.5, 0.6) is 0 Å². The lowest BCUT2D eigenvalue weighted by molar-refractivity contribution is 0.259. The number of hydrogen-bond donors (Lipinski definition) is 2. The number of amides is 2. The van der Waals surface area contributed by atoms with E-state index in [2.05, 4.69) is 15.3 Å². The molecule has 2 aromatic heterocycles. The average Bonchev–Trinajstić information content (AvgIpc) is 3.19. The van der Waals surface area contributed by atoms with Crippen LogP contribution in [0.3, 0.4) is 0 Å². The predicted octanol–water partition coefficient (Wildman–Crippen LogP) is 4.93. The molecule has 4 aromatic rings. The fourth-order valence-corrected chi connectivity index (χ4v) is 4.65. The molecule has 3 heterocycles. The number of nitrogens with one attached hydrogen (secondary N) is 1. The largest absolute Gasteiger partial charge is 0.351 e. The smallest absolute Gasteiger partial charge is 0.316 e. The average molecular weight is 510 g/mol. The molecule has 0 spiro atoms. The lowest BCUT2D eigenvalue weighted by Crippen LogP contribution is -2.31. The van der Waals surface area contributed by atoms with Gasteiger partial charge in [0.15, 0.2) is 0 Å². The second-order valence-electron chi connectivity index (χ2n) is 8.60. The van der Waals surface area contributed by atoms with Gasteiger partial charge in [-0.05, 0) is 31.0 Å². The number of benzene rings is 2. The maximum Gasteiger partial charge on any atom is 0.316 e. The number of fused-ring (bicyclic) bond motifs is 1. The van der Waals surface area contributed by atoms with Crippen molar-refractivity contribution in [3.05, 3.63) is 81.8 Å². The van der Waals surface area contributed by atoms with Crippen LogP contribution >= 0.6 is 11.6 Å². The van der Waals surface area contributed by atoms with Gasteiger partial charge in [0.05, 0.1) is 40.2 Å². The van der Waals surface area contributed by atoms with Gasteiger partial charge in [0.25, 0.3) is 0 Å². The first kappa shape index (κ1) is 23.7. The number of hydrogen-bond acceptors (Lipinski definition) is 5. The molecule has 8 nitrogen and oxygen atoms in total. The van der Waals surface area contributed by atoms with Crippen molar-refractivity contribution in [2.24, 2.45) is 5.73 Å². The number of anilines is 2. The lowest BCUT2D eigenvalue weighted by atomic mass is 9.99. The number of aromatic nitrogens is 4. The highest BCUT2D eigenvalue weighted by molar-refractivity contribution is 6.30. The van der Waals surface area contributed by atoms with Gasteiger partial charge in [-0.2, -0.15) is 5.10 Å².